The monoisotopic (exact) mass is 477 g/mol. The second kappa shape index (κ2) is 12.0. The van der Waals surface area contributed by atoms with Crippen LogP contribution in [0.25, 0.3) is 11.1 Å². The van der Waals surface area contributed by atoms with Crippen LogP contribution in [0.4, 0.5) is 4.79 Å². The van der Waals surface area contributed by atoms with Gasteiger partial charge in [0.05, 0.1) is 6.07 Å². The Balaban J connectivity index is 1.70. The highest BCUT2D eigenvalue weighted by atomic mass is 16.5. The number of ether oxygens (including phenoxy) is 1. The third-order valence-electron chi connectivity index (χ3n) is 6.41. The number of nitriles is 1. The van der Waals surface area contributed by atoms with Crippen molar-refractivity contribution in [1.82, 2.24) is 10.2 Å². The standard InChI is InChI=1S/C27H31N3O5/c1-3-30(18(2)26(32)33)25(31)24(15-5-4-10-16-28)29-27(34)35-17-23-21-13-8-6-11-19(21)20-12-7-9-14-22(20)23/h6-9,11-14,18,23-24H,3-5,10,15,17H2,1-2H3,(H,29,34)(H,32,33). The molecule has 2 atom stereocenters. The summed E-state index contributed by atoms with van der Waals surface area (Å²) < 4.78 is 5.58. The number of alkyl carbamates (subject to hydrolysis) is 1. The van der Waals surface area contributed by atoms with Crippen LogP contribution < -0.4 is 5.32 Å². The Morgan fingerprint density at radius 3 is 2.23 bits per heavy atom. The molecule has 0 spiro atoms. The summed E-state index contributed by atoms with van der Waals surface area (Å²) in [6.07, 6.45) is 1.01. The van der Waals surface area contributed by atoms with Crippen molar-refractivity contribution in [2.45, 2.75) is 57.5 Å². The minimum atomic E-state index is -1.12. The molecule has 0 radical (unpaired) electrons. The first-order valence-electron chi connectivity index (χ1n) is 11.9. The van der Waals surface area contributed by atoms with Crippen LogP contribution in [0.15, 0.2) is 48.5 Å². The summed E-state index contributed by atoms with van der Waals surface area (Å²) in [5, 5.41) is 20.8. The Labute approximate surface area is 205 Å². The van der Waals surface area contributed by atoms with Crippen LogP contribution in [0, 0.1) is 11.3 Å². The molecule has 8 nitrogen and oxygen atoms in total. The van der Waals surface area contributed by atoms with Gasteiger partial charge in [0.1, 0.15) is 18.7 Å². The van der Waals surface area contributed by atoms with Crippen LogP contribution in [-0.4, -0.2) is 53.2 Å². The lowest BCUT2D eigenvalue weighted by atomic mass is 9.98. The van der Waals surface area contributed by atoms with E-state index in [1.54, 1.807) is 6.92 Å². The van der Waals surface area contributed by atoms with E-state index in [-0.39, 0.29) is 25.5 Å². The number of unbranched alkanes of at least 4 members (excludes halogenated alkanes) is 2. The first kappa shape index (κ1) is 25.8. The summed E-state index contributed by atoms with van der Waals surface area (Å²) in [4.78, 5) is 38.6. The lowest BCUT2D eigenvalue weighted by Gasteiger charge is -2.29. The molecule has 2 unspecified atom stereocenters. The molecule has 0 heterocycles. The van der Waals surface area contributed by atoms with Gasteiger partial charge in [0, 0.05) is 18.9 Å². The summed E-state index contributed by atoms with van der Waals surface area (Å²) in [7, 11) is 0. The van der Waals surface area contributed by atoms with Crippen molar-refractivity contribution in [2.24, 2.45) is 0 Å². The van der Waals surface area contributed by atoms with E-state index in [2.05, 4.69) is 11.4 Å². The minimum absolute atomic E-state index is 0.109. The predicted octanol–water partition coefficient (Wildman–Crippen LogP) is 4.30. The Hall–Kier alpha value is -3.86. The molecule has 2 N–H and O–H groups in total. The van der Waals surface area contributed by atoms with E-state index in [9.17, 15) is 19.5 Å². The summed E-state index contributed by atoms with van der Waals surface area (Å²) in [6, 6.07) is 16.1. The van der Waals surface area contributed by atoms with Crippen LogP contribution in [0.2, 0.25) is 0 Å². The molecule has 8 heteroatoms. The van der Waals surface area contributed by atoms with Gasteiger partial charge in [-0.3, -0.25) is 4.79 Å². The van der Waals surface area contributed by atoms with Gasteiger partial charge in [-0.2, -0.15) is 5.26 Å². The maximum Gasteiger partial charge on any atom is 0.407 e. The molecular formula is C27H31N3O5. The smallest absolute Gasteiger partial charge is 0.407 e. The molecule has 0 saturated carbocycles. The molecule has 2 aromatic carbocycles. The number of hydrogen-bond donors (Lipinski definition) is 2. The third kappa shape index (κ3) is 5.99. The molecule has 0 saturated heterocycles. The SMILES string of the molecule is CCN(C(=O)C(CCCCC#N)NC(=O)OCC1c2ccccc2-c2ccccc21)C(C)C(=O)O. The fraction of sp³-hybridized carbons (Fsp3) is 0.407. The summed E-state index contributed by atoms with van der Waals surface area (Å²) in [6.45, 7) is 3.42. The van der Waals surface area contributed by atoms with E-state index in [1.165, 1.54) is 11.8 Å². The third-order valence-corrected chi connectivity index (χ3v) is 6.41. The van der Waals surface area contributed by atoms with Crippen LogP contribution >= 0.6 is 0 Å². The van der Waals surface area contributed by atoms with E-state index in [1.807, 2.05) is 48.5 Å². The highest BCUT2D eigenvalue weighted by Crippen LogP contribution is 2.44. The number of amides is 2. The topological polar surface area (TPSA) is 120 Å². The number of carbonyl (C=O) groups is 3. The highest BCUT2D eigenvalue weighted by Gasteiger charge is 2.32. The molecule has 35 heavy (non-hydrogen) atoms. The second-order valence-electron chi connectivity index (χ2n) is 8.56. The number of nitrogens with one attached hydrogen (secondary N) is 1. The minimum Gasteiger partial charge on any atom is -0.480 e. The largest absolute Gasteiger partial charge is 0.480 e. The fourth-order valence-corrected chi connectivity index (χ4v) is 4.55. The quantitative estimate of drug-likeness (QED) is 0.466. The first-order chi connectivity index (χ1) is 16.9. The number of hydrogen-bond acceptors (Lipinski definition) is 5. The van der Waals surface area contributed by atoms with Crippen molar-refractivity contribution < 1.29 is 24.2 Å². The van der Waals surface area contributed by atoms with Gasteiger partial charge in [-0.25, -0.2) is 9.59 Å². The molecule has 0 bridgehead atoms. The van der Waals surface area contributed by atoms with Crippen molar-refractivity contribution in [3.8, 4) is 17.2 Å². The molecule has 0 aromatic heterocycles. The number of carboxylic acid groups (broad SMARTS) is 1. The Kier molecular flexibility index (Phi) is 8.85. The van der Waals surface area contributed by atoms with Gasteiger partial charge < -0.3 is 20.1 Å². The number of rotatable bonds is 11. The van der Waals surface area contributed by atoms with Gasteiger partial charge in [-0.15, -0.1) is 0 Å². The maximum atomic E-state index is 13.1. The molecule has 1 aliphatic rings. The van der Waals surface area contributed by atoms with E-state index < -0.39 is 30.1 Å². The van der Waals surface area contributed by atoms with Gasteiger partial charge in [-0.05, 0) is 55.4 Å². The zero-order valence-corrected chi connectivity index (χ0v) is 20.1. The summed E-state index contributed by atoms with van der Waals surface area (Å²) in [5.41, 5.74) is 4.39. The molecule has 3 rings (SSSR count). The zero-order chi connectivity index (χ0) is 25.4. The van der Waals surface area contributed by atoms with Gasteiger partial charge in [0.25, 0.3) is 0 Å². The van der Waals surface area contributed by atoms with E-state index in [0.29, 0.717) is 19.3 Å². The van der Waals surface area contributed by atoms with Gasteiger partial charge >= 0.3 is 12.1 Å². The van der Waals surface area contributed by atoms with Crippen LogP contribution in [0.5, 0.6) is 0 Å². The van der Waals surface area contributed by atoms with Crippen LogP contribution in [0.3, 0.4) is 0 Å². The number of carbonyl (C=O) groups excluding carboxylic acids is 2. The second-order valence-corrected chi connectivity index (χ2v) is 8.56. The maximum absolute atomic E-state index is 13.1. The Bertz CT molecular complexity index is 1060. The van der Waals surface area contributed by atoms with Crippen molar-refractivity contribution in [3.05, 3.63) is 59.7 Å². The molecule has 0 aliphatic heterocycles. The van der Waals surface area contributed by atoms with Crippen molar-refractivity contribution >= 4 is 18.0 Å². The van der Waals surface area contributed by atoms with Gasteiger partial charge in [0.15, 0.2) is 0 Å². The van der Waals surface area contributed by atoms with Crippen LogP contribution in [0.1, 0.15) is 56.6 Å². The first-order valence-corrected chi connectivity index (χ1v) is 11.9. The molecule has 2 amide bonds. The molecule has 0 fully saturated rings. The number of aliphatic carboxylic acids is 1. The van der Waals surface area contributed by atoms with E-state index >= 15 is 0 Å². The normalized spacial score (nSPS) is 13.6. The number of carboxylic acids is 1. The Morgan fingerprint density at radius 2 is 1.69 bits per heavy atom. The molecule has 1 aliphatic carbocycles. The van der Waals surface area contributed by atoms with Gasteiger partial charge in [-0.1, -0.05) is 48.5 Å². The Morgan fingerprint density at radius 1 is 1.09 bits per heavy atom. The number of nitrogens with zero attached hydrogens (tertiary/aromatic N) is 2. The molecular weight excluding hydrogens is 446 g/mol. The average molecular weight is 478 g/mol. The summed E-state index contributed by atoms with van der Waals surface area (Å²) >= 11 is 0. The lowest BCUT2D eigenvalue weighted by molar-refractivity contribution is -0.150. The lowest BCUT2D eigenvalue weighted by Crippen LogP contribution is -2.53. The number of likely N-dealkylation sites (N-methyl/N-ethyl adjacent to an activating group) is 1. The van der Waals surface area contributed by atoms with Gasteiger partial charge in [0.2, 0.25) is 5.91 Å². The number of benzene rings is 2. The van der Waals surface area contributed by atoms with E-state index in [4.69, 9.17) is 10.00 Å². The average Bonchev–Trinajstić information content (AvgIpc) is 3.18. The van der Waals surface area contributed by atoms with Crippen molar-refractivity contribution in [1.29, 1.82) is 5.26 Å². The fourth-order valence-electron chi connectivity index (χ4n) is 4.55. The number of fused-ring (bicyclic) bond motifs is 3. The van der Waals surface area contributed by atoms with E-state index in [0.717, 1.165) is 22.3 Å². The summed E-state index contributed by atoms with van der Waals surface area (Å²) in [5.74, 6) is -1.71. The predicted molar refractivity (Wildman–Crippen MR) is 131 cm³/mol. The zero-order valence-electron chi connectivity index (χ0n) is 20.1. The van der Waals surface area contributed by atoms with Crippen molar-refractivity contribution in [2.75, 3.05) is 13.2 Å². The van der Waals surface area contributed by atoms with Crippen molar-refractivity contribution in [3.63, 3.8) is 0 Å². The van der Waals surface area contributed by atoms with Crippen LogP contribution in [-0.2, 0) is 14.3 Å². The molecule has 184 valence electrons. The highest BCUT2D eigenvalue weighted by molar-refractivity contribution is 5.89. The molecule has 2 aromatic rings.